The van der Waals surface area contributed by atoms with Crippen molar-refractivity contribution in [2.45, 2.75) is 39.8 Å². The van der Waals surface area contributed by atoms with Crippen LogP contribution in [0, 0.1) is 12.8 Å². The number of aryl methyl sites for hydroxylation is 1. The summed E-state index contributed by atoms with van der Waals surface area (Å²) < 4.78 is 5.43. The molecule has 0 saturated heterocycles. The molecule has 0 fully saturated rings. The van der Waals surface area contributed by atoms with Gasteiger partial charge in [-0.1, -0.05) is 13.8 Å². The van der Waals surface area contributed by atoms with Gasteiger partial charge < -0.3 is 15.1 Å². The number of rotatable bonds is 5. The molecule has 1 aromatic heterocycles. The lowest BCUT2D eigenvalue weighted by Gasteiger charge is -2.21. The van der Waals surface area contributed by atoms with Crippen molar-refractivity contribution < 1.29 is 9.21 Å². The standard InChI is InChI=1S/C13H22N2O2/c1-9(2)7-12(14)13(16)15(4)8-11-6-5-10(3)17-11/h5-6,9,12H,7-8,14H2,1-4H3. The summed E-state index contributed by atoms with van der Waals surface area (Å²) >= 11 is 0. The van der Waals surface area contributed by atoms with E-state index < -0.39 is 6.04 Å². The number of likely N-dealkylation sites (N-methyl/N-ethyl adjacent to an activating group) is 1. The molecule has 1 atom stereocenters. The number of carbonyl (C=O) groups is 1. The fourth-order valence-corrected chi connectivity index (χ4v) is 1.77. The first-order valence-corrected chi connectivity index (χ1v) is 5.96. The highest BCUT2D eigenvalue weighted by atomic mass is 16.3. The number of furan rings is 1. The summed E-state index contributed by atoms with van der Waals surface area (Å²) in [6, 6.07) is 3.35. The quantitative estimate of drug-likeness (QED) is 0.852. The average Bonchev–Trinajstić information content (AvgIpc) is 2.61. The number of hydrogen-bond acceptors (Lipinski definition) is 3. The second-order valence-corrected chi connectivity index (χ2v) is 4.94. The van der Waals surface area contributed by atoms with E-state index in [4.69, 9.17) is 10.2 Å². The number of nitrogens with two attached hydrogens (primary N) is 1. The first-order valence-electron chi connectivity index (χ1n) is 5.96. The SMILES string of the molecule is Cc1ccc(CN(C)C(=O)C(N)CC(C)C)o1. The van der Waals surface area contributed by atoms with Crippen LogP contribution in [0.5, 0.6) is 0 Å². The zero-order valence-electron chi connectivity index (χ0n) is 11.1. The van der Waals surface area contributed by atoms with Gasteiger partial charge in [0.2, 0.25) is 5.91 Å². The molecule has 4 heteroatoms. The molecule has 0 radical (unpaired) electrons. The second-order valence-electron chi connectivity index (χ2n) is 4.94. The highest BCUT2D eigenvalue weighted by Crippen LogP contribution is 2.11. The van der Waals surface area contributed by atoms with E-state index >= 15 is 0 Å². The molecule has 17 heavy (non-hydrogen) atoms. The van der Waals surface area contributed by atoms with E-state index in [-0.39, 0.29) is 5.91 Å². The third-order valence-electron chi connectivity index (χ3n) is 2.61. The van der Waals surface area contributed by atoms with E-state index in [1.165, 1.54) is 0 Å². The van der Waals surface area contributed by atoms with Crippen LogP contribution in [-0.2, 0) is 11.3 Å². The van der Waals surface area contributed by atoms with Crippen LogP contribution >= 0.6 is 0 Å². The first kappa shape index (κ1) is 13.8. The largest absolute Gasteiger partial charge is 0.464 e. The van der Waals surface area contributed by atoms with E-state index in [1.54, 1.807) is 11.9 Å². The molecule has 0 aliphatic rings. The molecule has 0 aromatic carbocycles. The molecule has 1 rings (SSSR count). The van der Waals surface area contributed by atoms with Gasteiger partial charge >= 0.3 is 0 Å². The Hall–Kier alpha value is -1.29. The summed E-state index contributed by atoms with van der Waals surface area (Å²) in [4.78, 5) is 13.6. The monoisotopic (exact) mass is 238 g/mol. The van der Waals surface area contributed by atoms with Gasteiger partial charge in [-0.15, -0.1) is 0 Å². The normalized spacial score (nSPS) is 12.8. The maximum absolute atomic E-state index is 11.9. The van der Waals surface area contributed by atoms with Gasteiger partial charge in [0.15, 0.2) is 0 Å². The van der Waals surface area contributed by atoms with Crippen LogP contribution < -0.4 is 5.73 Å². The molecule has 4 nitrogen and oxygen atoms in total. The third-order valence-corrected chi connectivity index (χ3v) is 2.61. The molecule has 0 spiro atoms. The molecule has 2 N–H and O–H groups in total. The fourth-order valence-electron chi connectivity index (χ4n) is 1.77. The minimum Gasteiger partial charge on any atom is -0.464 e. The van der Waals surface area contributed by atoms with Crippen LogP contribution in [-0.4, -0.2) is 23.9 Å². The summed E-state index contributed by atoms with van der Waals surface area (Å²) in [6.07, 6.45) is 0.709. The number of hydrogen-bond donors (Lipinski definition) is 1. The summed E-state index contributed by atoms with van der Waals surface area (Å²) in [5, 5.41) is 0. The Kier molecular flexibility index (Phi) is 4.75. The van der Waals surface area contributed by atoms with Gasteiger partial charge in [-0.2, -0.15) is 0 Å². The van der Waals surface area contributed by atoms with E-state index in [1.807, 2.05) is 19.1 Å². The maximum atomic E-state index is 11.9. The second kappa shape index (κ2) is 5.87. The molecule has 1 aromatic rings. The van der Waals surface area contributed by atoms with E-state index in [0.717, 1.165) is 11.5 Å². The summed E-state index contributed by atoms with van der Waals surface area (Å²) in [5.74, 6) is 2.03. The molecule has 1 unspecified atom stereocenters. The number of carbonyl (C=O) groups excluding carboxylic acids is 1. The van der Waals surface area contributed by atoms with Crippen LogP contribution in [0.2, 0.25) is 0 Å². The van der Waals surface area contributed by atoms with Crippen LogP contribution in [0.4, 0.5) is 0 Å². The molecule has 1 heterocycles. The molecule has 1 amide bonds. The maximum Gasteiger partial charge on any atom is 0.239 e. The number of amides is 1. The van der Waals surface area contributed by atoms with Gasteiger partial charge in [0.1, 0.15) is 11.5 Å². The smallest absolute Gasteiger partial charge is 0.239 e. The van der Waals surface area contributed by atoms with Crippen molar-refractivity contribution >= 4 is 5.91 Å². The molecular formula is C13H22N2O2. The Balaban J connectivity index is 2.52. The first-order chi connectivity index (χ1) is 7.90. The Labute approximate surface area is 103 Å². The summed E-state index contributed by atoms with van der Waals surface area (Å²) in [7, 11) is 1.75. The molecule has 0 aliphatic heterocycles. The highest BCUT2D eigenvalue weighted by Gasteiger charge is 2.19. The molecule has 0 aliphatic carbocycles. The van der Waals surface area contributed by atoms with Gasteiger partial charge in [-0.05, 0) is 31.4 Å². The zero-order chi connectivity index (χ0) is 13.0. The lowest BCUT2D eigenvalue weighted by molar-refractivity contribution is -0.132. The lowest BCUT2D eigenvalue weighted by atomic mass is 10.0. The summed E-state index contributed by atoms with van der Waals surface area (Å²) in [6.45, 7) is 6.47. The van der Waals surface area contributed by atoms with Gasteiger partial charge in [0, 0.05) is 7.05 Å². The average molecular weight is 238 g/mol. The van der Waals surface area contributed by atoms with Gasteiger partial charge in [-0.3, -0.25) is 4.79 Å². The van der Waals surface area contributed by atoms with Crippen molar-refractivity contribution in [3.63, 3.8) is 0 Å². The lowest BCUT2D eigenvalue weighted by Crippen LogP contribution is -2.42. The Morgan fingerprint density at radius 2 is 2.12 bits per heavy atom. The Morgan fingerprint density at radius 1 is 1.47 bits per heavy atom. The molecule has 0 saturated carbocycles. The van der Waals surface area contributed by atoms with Gasteiger partial charge in [0.05, 0.1) is 12.6 Å². The van der Waals surface area contributed by atoms with Crippen LogP contribution in [0.3, 0.4) is 0 Å². The minimum absolute atomic E-state index is 0.0345. The predicted molar refractivity (Wildman–Crippen MR) is 67.3 cm³/mol. The van der Waals surface area contributed by atoms with Gasteiger partial charge in [0.25, 0.3) is 0 Å². The minimum atomic E-state index is -0.420. The van der Waals surface area contributed by atoms with Crippen molar-refractivity contribution in [2.24, 2.45) is 11.7 Å². The Morgan fingerprint density at radius 3 is 2.59 bits per heavy atom. The van der Waals surface area contributed by atoms with Crippen molar-refractivity contribution in [1.29, 1.82) is 0 Å². The van der Waals surface area contributed by atoms with Crippen molar-refractivity contribution in [3.8, 4) is 0 Å². The van der Waals surface area contributed by atoms with E-state index in [2.05, 4.69) is 13.8 Å². The molecule has 0 bridgehead atoms. The van der Waals surface area contributed by atoms with Gasteiger partial charge in [-0.25, -0.2) is 0 Å². The molecular weight excluding hydrogens is 216 g/mol. The van der Waals surface area contributed by atoms with Crippen molar-refractivity contribution in [1.82, 2.24) is 4.90 Å². The van der Waals surface area contributed by atoms with Crippen LogP contribution in [0.15, 0.2) is 16.5 Å². The predicted octanol–water partition coefficient (Wildman–Crippen LogP) is 1.92. The van der Waals surface area contributed by atoms with Crippen molar-refractivity contribution in [3.05, 3.63) is 23.7 Å². The highest BCUT2D eigenvalue weighted by molar-refractivity contribution is 5.81. The van der Waals surface area contributed by atoms with E-state index in [9.17, 15) is 4.79 Å². The molecule has 96 valence electrons. The fraction of sp³-hybridized carbons (Fsp3) is 0.615. The summed E-state index contributed by atoms with van der Waals surface area (Å²) in [5.41, 5.74) is 5.86. The van der Waals surface area contributed by atoms with Crippen molar-refractivity contribution in [2.75, 3.05) is 7.05 Å². The third kappa shape index (κ3) is 4.23. The zero-order valence-corrected chi connectivity index (χ0v) is 11.1. The van der Waals surface area contributed by atoms with Crippen LogP contribution in [0.25, 0.3) is 0 Å². The van der Waals surface area contributed by atoms with Crippen LogP contribution in [0.1, 0.15) is 31.8 Å². The Bertz CT molecular complexity index is 371. The topological polar surface area (TPSA) is 59.5 Å². The number of nitrogens with zero attached hydrogens (tertiary/aromatic N) is 1. The van der Waals surface area contributed by atoms with E-state index in [0.29, 0.717) is 18.9 Å².